The van der Waals surface area contributed by atoms with Crippen LogP contribution >= 0.6 is 22.6 Å². The van der Waals surface area contributed by atoms with Crippen molar-refractivity contribution in [2.24, 2.45) is 10.2 Å². The number of nitro benzene ring substituents is 1. The first-order chi connectivity index (χ1) is 14.5. The standard InChI is InChI=1S/C17H11IN8O4/c18-10-1-3-11(4-2-10)20-14-15(22-17-16(21-14)24-30-25-17)23-19-8-9-7-12(26(28)29)5-6-13(9)27/h1-8,27H,(H,20,21,24)(H,22,23,25)/b19-8+. The summed E-state index contributed by atoms with van der Waals surface area (Å²) >= 11 is 2.20. The van der Waals surface area contributed by atoms with E-state index in [0.717, 1.165) is 9.26 Å². The molecule has 2 heterocycles. The lowest BCUT2D eigenvalue weighted by Crippen LogP contribution is -2.15. The van der Waals surface area contributed by atoms with E-state index in [2.05, 4.69) is 63.0 Å². The van der Waals surface area contributed by atoms with E-state index >= 15 is 0 Å². The van der Waals surface area contributed by atoms with Gasteiger partial charge < -0.3 is 15.4 Å². The maximum absolute atomic E-state index is 10.9. The van der Waals surface area contributed by atoms with Crippen molar-refractivity contribution in [1.82, 2.24) is 20.3 Å². The zero-order valence-electron chi connectivity index (χ0n) is 14.9. The van der Waals surface area contributed by atoms with Crippen LogP contribution in [-0.2, 0) is 0 Å². The van der Waals surface area contributed by atoms with Gasteiger partial charge in [0, 0.05) is 27.0 Å². The Morgan fingerprint density at radius 1 is 1.23 bits per heavy atom. The predicted octanol–water partition coefficient (Wildman–Crippen LogP) is 2.84. The molecule has 30 heavy (non-hydrogen) atoms. The number of hydrogen-bond donors (Lipinski definition) is 3. The third-order valence-corrected chi connectivity index (χ3v) is 4.55. The second-order valence-corrected chi connectivity index (χ2v) is 7.09. The van der Waals surface area contributed by atoms with E-state index in [4.69, 9.17) is 0 Å². The smallest absolute Gasteiger partial charge is 0.270 e. The fourth-order valence-corrected chi connectivity index (χ4v) is 2.76. The minimum absolute atomic E-state index is 0.136. The number of H-pyrrole nitrogens is 1. The Balaban J connectivity index is 1.73. The van der Waals surface area contributed by atoms with Gasteiger partial charge in [0.15, 0.2) is 11.3 Å². The van der Waals surface area contributed by atoms with Crippen LogP contribution in [0.4, 0.5) is 17.2 Å². The molecule has 4 rings (SSSR count). The SMILES string of the molecule is O=[N+]([O-])c1ccc(O)c(/C=N/N=c2\[nH]c3nonc3nc2Nc2ccc(I)cc2)c1. The van der Waals surface area contributed by atoms with E-state index in [9.17, 15) is 15.2 Å². The van der Waals surface area contributed by atoms with Crippen molar-refractivity contribution in [3.63, 3.8) is 0 Å². The van der Waals surface area contributed by atoms with E-state index in [1.54, 1.807) is 0 Å². The molecule has 0 aliphatic carbocycles. The third kappa shape index (κ3) is 4.24. The number of aromatic hydroxyl groups is 1. The second-order valence-electron chi connectivity index (χ2n) is 5.85. The molecular formula is C17H11IN8O4. The Hall–Kier alpha value is -3.88. The fraction of sp³-hybridized carbons (Fsp3) is 0. The molecule has 0 saturated heterocycles. The lowest BCUT2D eigenvalue weighted by molar-refractivity contribution is -0.384. The van der Waals surface area contributed by atoms with Crippen molar-refractivity contribution in [2.45, 2.75) is 0 Å². The molecule has 0 fully saturated rings. The van der Waals surface area contributed by atoms with Crippen LogP contribution in [0.5, 0.6) is 5.75 Å². The Morgan fingerprint density at radius 2 is 2.03 bits per heavy atom. The number of anilines is 2. The number of aromatic nitrogens is 4. The van der Waals surface area contributed by atoms with Gasteiger partial charge in [0.05, 0.1) is 11.1 Å². The molecule has 0 bridgehead atoms. The quantitative estimate of drug-likeness (QED) is 0.157. The number of nitro groups is 1. The molecule has 0 unspecified atom stereocenters. The monoisotopic (exact) mass is 518 g/mol. The van der Waals surface area contributed by atoms with E-state index in [-0.39, 0.29) is 33.8 Å². The molecule has 2 aromatic carbocycles. The summed E-state index contributed by atoms with van der Waals surface area (Å²) in [4.78, 5) is 17.5. The van der Waals surface area contributed by atoms with Gasteiger partial charge in [0.2, 0.25) is 11.3 Å². The number of benzene rings is 2. The summed E-state index contributed by atoms with van der Waals surface area (Å²) in [6, 6.07) is 11.2. The largest absolute Gasteiger partial charge is 0.507 e. The minimum Gasteiger partial charge on any atom is -0.507 e. The number of rotatable bonds is 5. The molecule has 0 spiro atoms. The minimum atomic E-state index is -0.569. The van der Waals surface area contributed by atoms with Crippen molar-refractivity contribution < 1.29 is 14.7 Å². The van der Waals surface area contributed by atoms with Crippen LogP contribution in [0.2, 0.25) is 0 Å². The molecular weight excluding hydrogens is 507 g/mol. The normalized spacial score (nSPS) is 12.0. The first-order valence-electron chi connectivity index (χ1n) is 8.29. The molecule has 4 aromatic rings. The highest BCUT2D eigenvalue weighted by molar-refractivity contribution is 14.1. The van der Waals surface area contributed by atoms with Gasteiger partial charge in [-0.05, 0) is 63.2 Å². The van der Waals surface area contributed by atoms with E-state index in [1.165, 1.54) is 24.4 Å². The summed E-state index contributed by atoms with van der Waals surface area (Å²) in [5.74, 6) is 0.134. The first-order valence-corrected chi connectivity index (χ1v) is 9.37. The predicted molar refractivity (Wildman–Crippen MR) is 114 cm³/mol. The number of fused-ring (bicyclic) bond motifs is 1. The van der Waals surface area contributed by atoms with Gasteiger partial charge in [-0.15, -0.1) is 5.10 Å². The van der Waals surface area contributed by atoms with E-state index in [1.807, 2.05) is 24.3 Å². The molecule has 0 aliphatic rings. The number of hydrogen-bond acceptors (Lipinski definition) is 10. The summed E-state index contributed by atoms with van der Waals surface area (Å²) in [6.45, 7) is 0. The van der Waals surface area contributed by atoms with Crippen LogP contribution < -0.4 is 10.8 Å². The Bertz CT molecular complexity index is 1330. The number of phenols is 1. The molecule has 0 amide bonds. The van der Waals surface area contributed by atoms with Crippen LogP contribution in [0.25, 0.3) is 11.3 Å². The van der Waals surface area contributed by atoms with Crippen LogP contribution in [0, 0.1) is 13.7 Å². The molecule has 12 nitrogen and oxygen atoms in total. The number of nitrogens with zero attached hydrogens (tertiary/aromatic N) is 6. The second kappa shape index (κ2) is 8.24. The zero-order valence-corrected chi connectivity index (χ0v) is 17.0. The van der Waals surface area contributed by atoms with Gasteiger partial charge in [-0.25, -0.2) is 9.61 Å². The maximum atomic E-state index is 10.9. The van der Waals surface area contributed by atoms with Crippen LogP contribution in [0.3, 0.4) is 0 Å². The highest BCUT2D eigenvalue weighted by Crippen LogP contribution is 2.21. The van der Waals surface area contributed by atoms with Crippen molar-refractivity contribution in [1.29, 1.82) is 0 Å². The Kier molecular flexibility index (Phi) is 5.34. The summed E-state index contributed by atoms with van der Waals surface area (Å²) in [7, 11) is 0. The average Bonchev–Trinajstić information content (AvgIpc) is 3.18. The van der Waals surface area contributed by atoms with Crippen LogP contribution in [0.15, 0.2) is 57.3 Å². The molecule has 0 radical (unpaired) electrons. The number of nitrogens with one attached hydrogen (secondary N) is 2. The highest BCUT2D eigenvalue weighted by Gasteiger charge is 2.10. The molecule has 0 atom stereocenters. The topological polar surface area (TPSA) is 168 Å². The van der Waals surface area contributed by atoms with Gasteiger partial charge >= 0.3 is 0 Å². The molecule has 150 valence electrons. The van der Waals surface area contributed by atoms with Crippen molar-refractivity contribution in [3.8, 4) is 5.75 Å². The van der Waals surface area contributed by atoms with Gasteiger partial charge in [-0.1, -0.05) is 0 Å². The third-order valence-electron chi connectivity index (χ3n) is 3.83. The molecule has 0 aliphatic heterocycles. The van der Waals surface area contributed by atoms with Crippen LogP contribution in [-0.4, -0.2) is 36.5 Å². The molecule has 0 saturated carbocycles. The fourth-order valence-electron chi connectivity index (χ4n) is 2.40. The van der Waals surface area contributed by atoms with Crippen molar-refractivity contribution >= 4 is 57.3 Å². The number of non-ortho nitro benzene ring substituents is 1. The van der Waals surface area contributed by atoms with E-state index < -0.39 is 4.92 Å². The summed E-state index contributed by atoms with van der Waals surface area (Å²) < 4.78 is 5.74. The first kappa shape index (κ1) is 19.4. The van der Waals surface area contributed by atoms with Gasteiger partial charge in [-0.2, -0.15) is 5.10 Å². The lowest BCUT2D eigenvalue weighted by atomic mass is 10.2. The zero-order chi connectivity index (χ0) is 21.1. The Morgan fingerprint density at radius 3 is 2.80 bits per heavy atom. The van der Waals surface area contributed by atoms with Gasteiger partial charge in [0.1, 0.15) is 5.75 Å². The maximum Gasteiger partial charge on any atom is 0.270 e. The summed E-state index contributed by atoms with van der Waals surface area (Å²) in [5.41, 5.74) is 1.41. The summed E-state index contributed by atoms with van der Waals surface area (Å²) in [5, 5.41) is 39.2. The van der Waals surface area contributed by atoms with Crippen LogP contribution in [0.1, 0.15) is 5.56 Å². The number of phenolic OH excluding ortho intramolecular Hbond substituents is 1. The average molecular weight is 518 g/mol. The number of halogens is 1. The Labute approximate surface area is 180 Å². The highest BCUT2D eigenvalue weighted by atomic mass is 127. The van der Waals surface area contributed by atoms with Gasteiger partial charge in [0.25, 0.3) is 5.69 Å². The molecule has 3 N–H and O–H groups in total. The summed E-state index contributed by atoms with van der Waals surface area (Å²) in [6.07, 6.45) is 1.19. The number of aromatic amines is 1. The van der Waals surface area contributed by atoms with Crippen molar-refractivity contribution in [3.05, 3.63) is 67.2 Å². The van der Waals surface area contributed by atoms with E-state index in [0.29, 0.717) is 5.82 Å². The molecule has 2 aromatic heterocycles. The van der Waals surface area contributed by atoms with Gasteiger partial charge in [-0.3, -0.25) is 10.1 Å². The lowest BCUT2D eigenvalue weighted by Gasteiger charge is -2.05. The molecule has 13 heteroatoms. The van der Waals surface area contributed by atoms with Crippen molar-refractivity contribution in [2.75, 3.05) is 5.32 Å².